The van der Waals surface area contributed by atoms with Crippen molar-refractivity contribution in [3.63, 3.8) is 0 Å². The van der Waals surface area contributed by atoms with E-state index in [1.165, 1.54) is 75.5 Å². The lowest BCUT2D eigenvalue weighted by Gasteiger charge is -2.52. The van der Waals surface area contributed by atoms with Gasteiger partial charge in [0, 0.05) is 13.0 Å². The molecule has 0 radical (unpaired) electrons. The summed E-state index contributed by atoms with van der Waals surface area (Å²) >= 11 is 0. The van der Waals surface area contributed by atoms with Gasteiger partial charge in [0.15, 0.2) is 5.78 Å². The molecule has 41 heavy (non-hydrogen) atoms. The highest BCUT2D eigenvalue weighted by Gasteiger charge is 2.58. The molecule has 1 amide bonds. The van der Waals surface area contributed by atoms with Crippen LogP contribution in [-0.2, 0) is 14.3 Å². The first-order chi connectivity index (χ1) is 19.8. The number of hydrogen-bond donors (Lipinski definition) is 5. The van der Waals surface area contributed by atoms with Crippen molar-refractivity contribution in [2.45, 2.75) is 166 Å². The molecule has 1 saturated heterocycles. The number of ketones is 1. The quantitative estimate of drug-likeness (QED) is 0.0772. The summed E-state index contributed by atoms with van der Waals surface area (Å²) in [4.78, 5) is 27.8. The van der Waals surface area contributed by atoms with Crippen molar-refractivity contribution in [3.05, 3.63) is 0 Å². The maximum atomic E-state index is 13.6. The summed E-state index contributed by atoms with van der Waals surface area (Å²) in [6, 6.07) is 0. The molecule has 9 nitrogen and oxygen atoms in total. The van der Waals surface area contributed by atoms with Gasteiger partial charge in [0.25, 0.3) is 0 Å². The Hall–Kier alpha value is -1.10. The van der Waals surface area contributed by atoms with Gasteiger partial charge in [0.2, 0.25) is 11.8 Å². The van der Waals surface area contributed by atoms with E-state index in [2.05, 4.69) is 13.8 Å². The van der Waals surface area contributed by atoms with Gasteiger partial charge in [0.1, 0.15) is 18.1 Å². The van der Waals surface area contributed by atoms with Gasteiger partial charge in [-0.15, -0.1) is 0 Å². The highest BCUT2D eigenvalue weighted by atomic mass is 16.6. The van der Waals surface area contributed by atoms with Crippen molar-refractivity contribution in [2.75, 3.05) is 19.7 Å². The number of rotatable bonds is 25. The van der Waals surface area contributed by atoms with Gasteiger partial charge >= 0.3 is 0 Å². The maximum Gasteiger partial charge on any atom is 0.225 e. The second-order valence-electron chi connectivity index (χ2n) is 12.0. The number of unbranched alkanes of at least 4 members (excludes halogenated alkanes) is 17. The first-order valence-electron chi connectivity index (χ1n) is 16.7. The molecule has 0 saturated carbocycles. The van der Waals surface area contributed by atoms with E-state index in [-0.39, 0.29) is 18.9 Å². The topological polar surface area (TPSA) is 159 Å². The standard InChI is InChI=1S/C32H63N3O6/c1-3-5-7-9-11-13-15-17-19-21-23-35(28(38)22-20-18-16-14-12-10-8-6-4-2)32(34)29(26(37)24-33)31(40)30(39)27(25-36)41-32/h27,29-31,36,39-40H,3-25,33-34H2,1-2H3/t27-,29-,30-,31-,32+/m1/s1. The van der Waals surface area contributed by atoms with Crippen LogP contribution < -0.4 is 11.5 Å². The number of aliphatic hydroxyl groups excluding tert-OH is 3. The van der Waals surface area contributed by atoms with Crippen molar-refractivity contribution in [3.8, 4) is 0 Å². The van der Waals surface area contributed by atoms with Crippen molar-refractivity contribution >= 4 is 11.7 Å². The van der Waals surface area contributed by atoms with Gasteiger partial charge < -0.3 is 30.7 Å². The molecule has 1 rings (SSSR count). The highest BCUT2D eigenvalue weighted by molar-refractivity contribution is 5.86. The Morgan fingerprint density at radius 1 is 0.732 bits per heavy atom. The van der Waals surface area contributed by atoms with E-state index >= 15 is 0 Å². The molecule has 1 heterocycles. The predicted octanol–water partition coefficient (Wildman–Crippen LogP) is 4.53. The monoisotopic (exact) mass is 585 g/mol. The number of Topliss-reactive ketones (excluding diaryl/α,β-unsaturated/α-hetero) is 1. The molecule has 0 aromatic carbocycles. The van der Waals surface area contributed by atoms with Crippen molar-refractivity contribution < 1.29 is 29.6 Å². The van der Waals surface area contributed by atoms with Crippen LogP contribution in [0, 0.1) is 5.92 Å². The molecule has 0 aromatic heterocycles. The SMILES string of the molecule is CCCCCCCCCCCCN(C(=O)CCCCCCCCCCC)[C@]1(N)O[C@H](CO)[C@@H](O)[C@H](O)[C@H]1C(=O)CN. The summed E-state index contributed by atoms with van der Waals surface area (Å²) in [7, 11) is 0. The largest absolute Gasteiger partial charge is 0.394 e. The Morgan fingerprint density at radius 2 is 1.17 bits per heavy atom. The summed E-state index contributed by atoms with van der Waals surface area (Å²) in [5.74, 6) is -4.26. The van der Waals surface area contributed by atoms with Gasteiger partial charge in [-0.25, -0.2) is 0 Å². The molecule has 0 bridgehead atoms. The van der Waals surface area contributed by atoms with Gasteiger partial charge in [0.05, 0.1) is 19.3 Å². The van der Waals surface area contributed by atoms with E-state index in [0.717, 1.165) is 38.5 Å². The van der Waals surface area contributed by atoms with E-state index in [1.54, 1.807) is 0 Å². The van der Waals surface area contributed by atoms with Crippen LogP contribution in [-0.4, -0.2) is 75.8 Å². The lowest BCUT2D eigenvalue weighted by atomic mass is 9.82. The van der Waals surface area contributed by atoms with Crippen LogP contribution >= 0.6 is 0 Å². The summed E-state index contributed by atoms with van der Waals surface area (Å²) in [6.07, 6.45) is 17.3. The average Bonchev–Trinajstić information content (AvgIpc) is 2.96. The second kappa shape index (κ2) is 22.4. The lowest BCUT2D eigenvalue weighted by Crippen LogP contribution is -2.75. The minimum absolute atomic E-state index is 0.249. The Morgan fingerprint density at radius 3 is 1.61 bits per heavy atom. The zero-order valence-corrected chi connectivity index (χ0v) is 26.2. The van der Waals surface area contributed by atoms with Gasteiger partial charge in [-0.2, -0.15) is 0 Å². The summed E-state index contributed by atoms with van der Waals surface area (Å²) in [6.45, 7) is 3.66. The maximum absolute atomic E-state index is 13.6. The molecule has 0 spiro atoms. The molecule has 5 atom stereocenters. The second-order valence-corrected chi connectivity index (χ2v) is 12.0. The number of ether oxygens (including phenoxy) is 1. The number of nitrogens with two attached hydrogens (primary N) is 2. The molecular weight excluding hydrogens is 522 g/mol. The van der Waals surface area contributed by atoms with Gasteiger partial charge in [-0.3, -0.25) is 15.3 Å². The molecular formula is C32H63N3O6. The molecule has 1 aliphatic heterocycles. The highest BCUT2D eigenvalue weighted by Crippen LogP contribution is 2.36. The third kappa shape index (κ3) is 13.4. The van der Waals surface area contributed by atoms with Crippen molar-refractivity contribution in [1.82, 2.24) is 4.90 Å². The molecule has 9 heteroatoms. The summed E-state index contributed by atoms with van der Waals surface area (Å²) in [5, 5.41) is 31.1. The van der Waals surface area contributed by atoms with Crippen LogP contribution in [0.4, 0.5) is 0 Å². The Labute approximate surface area is 249 Å². The van der Waals surface area contributed by atoms with E-state index < -0.39 is 49.0 Å². The summed E-state index contributed by atoms with van der Waals surface area (Å²) < 4.78 is 5.91. The van der Waals surface area contributed by atoms with Gasteiger partial charge in [-0.1, -0.05) is 123 Å². The Balaban J connectivity index is 2.82. The number of carbonyl (C=O) groups is 2. The van der Waals surface area contributed by atoms with Crippen LogP contribution in [0.15, 0.2) is 0 Å². The molecule has 0 aromatic rings. The predicted molar refractivity (Wildman–Crippen MR) is 164 cm³/mol. The zero-order chi connectivity index (χ0) is 30.5. The molecule has 0 unspecified atom stereocenters. The third-order valence-electron chi connectivity index (χ3n) is 8.54. The normalized spacial score (nSPS) is 24.5. The number of nitrogens with zero attached hydrogens (tertiary/aromatic N) is 1. The van der Waals surface area contributed by atoms with Crippen LogP contribution in [0.5, 0.6) is 0 Å². The molecule has 7 N–H and O–H groups in total. The van der Waals surface area contributed by atoms with E-state index in [4.69, 9.17) is 16.2 Å². The van der Waals surface area contributed by atoms with Gasteiger partial charge in [-0.05, 0) is 12.8 Å². The van der Waals surface area contributed by atoms with Crippen LogP contribution in [0.2, 0.25) is 0 Å². The Bertz CT molecular complexity index is 696. The Kier molecular flexibility index (Phi) is 20.8. The number of hydrogen-bond acceptors (Lipinski definition) is 8. The van der Waals surface area contributed by atoms with Crippen LogP contribution in [0.25, 0.3) is 0 Å². The minimum atomic E-state index is -2.00. The van der Waals surface area contributed by atoms with Crippen molar-refractivity contribution in [1.29, 1.82) is 0 Å². The molecule has 1 aliphatic rings. The van der Waals surface area contributed by atoms with E-state index in [1.807, 2.05) is 0 Å². The van der Waals surface area contributed by atoms with E-state index in [9.17, 15) is 24.9 Å². The lowest BCUT2D eigenvalue weighted by molar-refractivity contribution is -0.291. The van der Waals surface area contributed by atoms with E-state index in [0.29, 0.717) is 12.8 Å². The zero-order valence-electron chi connectivity index (χ0n) is 26.2. The molecule has 242 valence electrons. The smallest absolute Gasteiger partial charge is 0.225 e. The van der Waals surface area contributed by atoms with Crippen LogP contribution in [0.3, 0.4) is 0 Å². The summed E-state index contributed by atoms with van der Waals surface area (Å²) in [5.41, 5.74) is 12.3. The first-order valence-corrected chi connectivity index (χ1v) is 16.7. The minimum Gasteiger partial charge on any atom is -0.394 e. The fourth-order valence-electron chi connectivity index (χ4n) is 5.95. The molecule has 1 fully saturated rings. The number of carbonyl (C=O) groups excluding carboxylic acids is 2. The third-order valence-corrected chi connectivity index (χ3v) is 8.54. The number of amides is 1. The molecule has 0 aliphatic carbocycles. The van der Waals surface area contributed by atoms with Crippen molar-refractivity contribution in [2.24, 2.45) is 17.4 Å². The first kappa shape index (κ1) is 37.9. The van der Waals surface area contributed by atoms with Crippen LogP contribution in [0.1, 0.15) is 142 Å². The number of aliphatic hydroxyl groups is 3. The fourth-order valence-corrected chi connectivity index (χ4v) is 5.95. The fraction of sp³-hybridized carbons (Fsp3) is 0.938. The average molecular weight is 586 g/mol.